The Balaban J connectivity index is 1.89. The van der Waals surface area contributed by atoms with Gasteiger partial charge in [-0.25, -0.2) is 0 Å². The molecule has 3 aromatic carbocycles. The van der Waals surface area contributed by atoms with Gasteiger partial charge in [0.15, 0.2) is 17.0 Å². The highest BCUT2D eigenvalue weighted by Crippen LogP contribution is 2.67. The van der Waals surface area contributed by atoms with Gasteiger partial charge in [0, 0.05) is 11.1 Å². The first-order valence-corrected chi connectivity index (χ1v) is 11.1. The van der Waals surface area contributed by atoms with Crippen molar-refractivity contribution in [3.63, 3.8) is 0 Å². The van der Waals surface area contributed by atoms with Crippen LogP contribution in [0.3, 0.4) is 0 Å². The molecule has 0 amide bonds. The second kappa shape index (κ2) is 7.71. The van der Waals surface area contributed by atoms with Crippen LogP contribution in [-0.2, 0) is 25.5 Å². The van der Waals surface area contributed by atoms with Crippen molar-refractivity contribution in [2.24, 2.45) is 5.92 Å². The minimum Gasteiger partial charge on any atom is -0.497 e. The molecule has 1 saturated carbocycles. The van der Waals surface area contributed by atoms with E-state index in [4.69, 9.17) is 14.2 Å². The van der Waals surface area contributed by atoms with E-state index in [1.165, 1.54) is 7.11 Å². The quantitative estimate of drug-likeness (QED) is 0.471. The molecule has 0 spiro atoms. The third-order valence-electron chi connectivity index (χ3n) is 7.16. The summed E-state index contributed by atoms with van der Waals surface area (Å²) >= 11 is 0. The molecule has 174 valence electrons. The number of carbonyl (C=O) groups excluding carboxylic acids is 2. The van der Waals surface area contributed by atoms with E-state index in [2.05, 4.69) is 0 Å². The van der Waals surface area contributed by atoms with Crippen LogP contribution in [-0.4, -0.2) is 31.1 Å². The number of aryl methyl sites for hydroxylation is 2. The summed E-state index contributed by atoms with van der Waals surface area (Å²) in [7, 11) is 2.82. The van der Waals surface area contributed by atoms with Gasteiger partial charge in [0.05, 0.1) is 20.1 Å². The highest BCUT2D eigenvalue weighted by atomic mass is 16.5. The van der Waals surface area contributed by atoms with Gasteiger partial charge in [-0.1, -0.05) is 48.5 Å². The first-order valence-electron chi connectivity index (χ1n) is 11.1. The lowest BCUT2D eigenvalue weighted by Crippen LogP contribution is -2.50. The molecular weight excluding hydrogens is 432 g/mol. The largest absolute Gasteiger partial charge is 0.497 e. The topological polar surface area (TPSA) is 82.1 Å². The molecule has 0 radical (unpaired) electrons. The van der Waals surface area contributed by atoms with E-state index in [-0.39, 0.29) is 0 Å². The van der Waals surface area contributed by atoms with E-state index in [9.17, 15) is 14.7 Å². The van der Waals surface area contributed by atoms with Crippen molar-refractivity contribution in [3.8, 4) is 11.5 Å². The summed E-state index contributed by atoms with van der Waals surface area (Å²) in [6, 6.07) is 20.0. The molecule has 1 aliphatic heterocycles. The zero-order valence-electron chi connectivity index (χ0n) is 19.5. The van der Waals surface area contributed by atoms with Crippen molar-refractivity contribution in [1.29, 1.82) is 0 Å². The maximum absolute atomic E-state index is 14.1. The van der Waals surface area contributed by atoms with Gasteiger partial charge in [0.25, 0.3) is 0 Å². The molecule has 5 rings (SSSR count). The third-order valence-corrected chi connectivity index (χ3v) is 7.16. The zero-order valence-corrected chi connectivity index (χ0v) is 19.5. The molecule has 2 aliphatic rings. The van der Waals surface area contributed by atoms with Crippen LogP contribution in [0.2, 0.25) is 0 Å². The van der Waals surface area contributed by atoms with Crippen LogP contribution in [0, 0.1) is 19.8 Å². The van der Waals surface area contributed by atoms with E-state index >= 15 is 0 Å². The van der Waals surface area contributed by atoms with Crippen LogP contribution < -0.4 is 9.47 Å². The number of ether oxygens (including phenoxy) is 3. The molecule has 3 aromatic rings. The molecule has 1 aliphatic carbocycles. The van der Waals surface area contributed by atoms with E-state index in [0.29, 0.717) is 28.2 Å². The fraction of sp³-hybridized carbons (Fsp3) is 0.286. The van der Waals surface area contributed by atoms with Crippen molar-refractivity contribution in [1.82, 2.24) is 0 Å². The molecule has 4 atom stereocenters. The van der Waals surface area contributed by atoms with Crippen molar-refractivity contribution in [2.75, 3.05) is 14.2 Å². The fourth-order valence-electron chi connectivity index (χ4n) is 5.86. The van der Waals surface area contributed by atoms with Gasteiger partial charge >= 0.3 is 5.97 Å². The monoisotopic (exact) mass is 458 g/mol. The summed E-state index contributed by atoms with van der Waals surface area (Å²) in [5, 5.41) is 12.5. The molecule has 6 nitrogen and oxygen atoms in total. The summed E-state index contributed by atoms with van der Waals surface area (Å²) in [5.41, 5.74) is -0.369. The molecule has 0 saturated heterocycles. The van der Waals surface area contributed by atoms with Gasteiger partial charge in [-0.3, -0.25) is 9.59 Å². The first kappa shape index (κ1) is 22.2. The van der Waals surface area contributed by atoms with Gasteiger partial charge in [0.1, 0.15) is 17.4 Å². The standard InChI is InChI=1S/C28H26O6/c1-16-14-17(2)23-21(15-16)34-28(19-10-12-20(32-3)13-11-19)24(18-8-6-5-7-9-18)22(26(30)33-4)25(29)27(23,28)31/h5-15,22,24,31H,1-4H3/t22-,24-,27-,28-/m0/s1. The smallest absolute Gasteiger partial charge is 0.317 e. The Morgan fingerprint density at radius 3 is 2.29 bits per heavy atom. The van der Waals surface area contributed by atoms with E-state index < -0.39 is 34.8 Å². The molecule has 0 aromatic heterocycles. The highest BCUT2D eigenvalue weighted by molar-refractivity contribution is 6.09. The lowest BCUT2D eigenvalue weighted by Gasteiger charge is -2.39. The van der Waals surface area contributed by atoms with Crippen molar-refractivity contribution in [3.05, 3.63) is 94.5 Å². The molecule has 0 unspecified atom stereocenters. The van der Waals surface area contributed by atoms with Gasteiger partial charge in [0.2, 0.25) is 0 Å². The molecule has 0 bridgehead atoms. The summed E-state index contributed by atoms with van der Waals surface area (Å²) in [6.45, 7) is 3.77. The van der Waals surface area contributed by atoms with Crippen molar-refractivity contribution >= 4 is 11.8 Å². The predicted octanol–water partition coefficient (Wildman–Crippen LogP) is 3.94. The maximum Gasteiger partial charge on any atom is 0.317 e. The Morgan fingerprint density at radius 2 is 1.68 bits per heavy atom. The van der Waals surface area contributed by atoms with Crippen LogP contribution in [0.5, 0.6) is 11.5 Å². The Labute approximate surface area is 198 Å². The van der Waals surface area contributed by atoms with E-state index in [1.807, 2.05) is 56.3 Å². The minimum absolute atomic E-state index is 0.395. The van der Waals surface area contributed by atoms with E-state index in [1.54, 1.807) is 31.4 Å². The lowest BCUT2D eigenvalue weighted by molar-refractivity contribution is -0.155. The van der Waals surface area contributed by atoms with Gasteiger partial charge < -0.3 is 19.3 Å². The number of hydrogen-bond donors (Lipinski definition) is 1. The zero-order chi connectivity index (χ0) is 24.3. The van der Waals surface area contributed by atoms with Crippen LogP contribution in [0.1, 0.15) is 33.7 Å². The Kier molecular flexibility index (Phi) is 5.02. The Bertz CT molecular complexity index is 1280. The lowest BCUT2D eigenvalue weighted by atomic mass is 9.70. The van der Waals surface area contributed by atoms with Crippen LogP contribution in [0.4, 0.5) is 0 Å². The van der Waals surface area contributed by atoms with Gasteiger partial charge in [-0.05, 0) is 48.7 Å². The second-order valence-electron chi connectivity index (χ2n) is 8.99. The molecule has 1 fully saturated rings. The fourth-order valence-corrected chi connectivity index (χ4v) is 5.86. The van der Waals surface area contributed by atoms with Gasteiger partial charge in [-0.15, -0.1) is 0 Å². The predicted molar refractivity (Wildman–Crippen MR) is 125 cm³/mol. The maximum atomic E-state index is 14.1. The summed E-state index contributed by atoms with van der Waals surface area (Å²) < 4.78 is 17.1. The number of hydrogen-bond acceptors (Lipinski definition) is 6. The average Bonchev–Trinajstić information content (AvgIpc) is 3.22. The Hall–Kier alpha value is -3.64. The summed E-state index contributed by atoms with van der Waals surface area (Å²) in [5.74, 6) is -2.36. The minimum atomic E-state index is -2.10. The van der Waals surface area contributed by atoms with E-state index in [0.717, 1.165) is 11.1 Å². The third kappa shape index (κ3) is 2.72. The SMILES string of the molecule is COC(=O)[C@@H]1C(=O)[C@@]2(O)c3c(C)cc(C)cc3O[C@@]2(c2ccc(OC)cc2)[C@H]1c1ccccc1. The van der Waals surface area contributed by atoms with Crippen LogP contribution in [0.15, 0.2) is 66.7 Å². The molecule has 1 N–H and O–H groups in total. The summed E-state index contributed by atoms with van der Waals surface area (Å²) in [4.78, 5) is 27.2. The normalized spacial score (nSPS) is 27.0. The van der Waals surface area contributed by atoms with Crippen LogP contribution >= 0.6 is 0 Å². The molecule has 34 heavy (non-hydrogen) atoms. The highest BCUT2D eigenvalue weighted by Gasteiger charge is 2.78. The number of methoxy groups -OCH3 is 2. The molecule has 6 heteroatoms. The number of ketones is 1. The average molecular weight is 459 g/mol. The number of Topliss-reactive ketones (excluding diaryl/α,β-unsaturated/α-hetero) is 1. The van der Waals surface area contributed by atoms with Crippen molar-refractivity contribution in [2.45, 2.75) is 31.0 Å². The number of benzene rings is 3. The number of fused-ring (bicyclic) bond motifs is 3. The molecular formula is C28H26O6. The van der Waals surface area contributed by atoms with Crippen molar-refractivity contribution < 1.29 is 28.9 Å². The molecule has 1 heterocycles. The van der Waals surface area contributed by atoms with Crippen LogP contribution in [0.25, 0.3) is 0 Å². The number of aliphatic hydroxyl groups is 1. The van der Waals surface area contributed by atoms with Gasteiger partial charge in [-0.2, -0.15) is 0 Å². The number of carbonyl (C=O) groups is 2. The number of rotatable bonds is 4. The number of esters is 1. The first-order chi connectivity index (χ1) is 16.3. The summed E-state index contributed by atoms with van der Waals surface area (Å²) in [6.07, 6.45) is 0. The second-order valence-corrected chi connectivity index (χ2v) is 8.99. The Morgan fingerprint density at radius 1 is 1.00 bits per heavy atom.